The van der Waals surface area contributed by atoms with E-state index in [-0.39, 0.29) is 17.2 Å². The zero-order chi connectivity index (χ0) is 19.4. The number of carbonyl (C=O) groups excluding carboxylic acids is 2. The quantitative estimate of drug-likeness (QED) is 0.774. The molecule has 2 amide bonds. The van der Waals surface area contributed by atoms with Gasteiger partial charge in [-0.05, 0) is 43.1 Å². The Hall–Kier alpha value is -1.89. The maximum atomic E-state index is 12.8. The first-order chi connectivity index (χ1) is 12.9. The number of hydrogen-bond donors (Lipinski definition) is 1. The average Bonchev–Trinajstić information content (AvgIpc) is 3.16. The number of methoxy groups -OCH3 is 1. The van der Waals surface area contributed by atoms with Crippen LogP contribution in [0.3, 0.4) is 0 Å². The van der Waals surface area contributed by atoms with Gasteiger partial charge in [0.25, 0.3) is 5.91 Å². The Bertz CT molecular complexity index is 662. The number of piperidine rings is 2. The van der Waals surface area contributed by atoms with Crippen molar-refractivity contribution in [3.05, 3.63) is 17.5 Å². The fourth-order valence-corrected chi connectivity index (χ4v) is 4.20. The lowest BCUT2D eigenvalue weighted by Crippen LogP contribution is -2.52. The summed E-state index contributed by atoms with van der Waals surface area (Å²) in [4.78, 5) is 28.9. The van der Waals surface area contributed by atoms with Crippen molar-refractivity contribution in [2.75, 3.05) is 39.9 Å². The van der Waals surface area contributed by atoms with E-state index in [9.17, 15) is 9.59 Å². The predicted molar refractivity (Wildman–Crippen MR) is 103 cm³/mol. The van der Waals surface area contributed by atoms with Gasteiger partial charge in [-0.1, -0.05) is 13.8 Å². The number of amides is 2. The molecule has 1 aromatic rings. The SMILES string of the molecule is COCCCN1CC2(CCC1=O)CCN(C(=O)c1cc(C(C)C)[nH]n1)CC2. The first-order valence-corrected chi connectivity index (χ1v) is 10.1. The number of ether oxygens (including phenoxy) is 1. The van der Waals surface area contributed by atoms with Crippen LogP contribution in [0, 0.1) is 5.41 Å². The Morgan fingerprint density at radius 2 is 2.07 bits per heavy atom. The summed E-state index contributed by atoms with van der Waals surface area (Å²) in [6.45, 7) is 7.90. The van der Waals surface area contributed by atoms with Crippen molar-refractivity contribution >= 4 is 11.8 Å². The average molecular weight is 377 g/mol. The summed E-state index contributed by atoms with van der Waals surface area (Å²) in [6, 6.07) is 1.87. The maximum absolute atomic E-state index is 12.8. The van der Waals surface area contributed by atoms with Gasteiger partial charge in [0.15, 0.2) is 0 Å². The van der Waals surface area contributed by atoms with E-state index in [4.69, 9.17) is 4.74 Å². The molecule has 1 aromatic heterocycles. The minimum Gasteiger partial charge on any atom is -0.385 e. The topological polar surface area (TPSA) is 78.5 Å². The highest BCUT2D eigenvalue weighted by atomic mass is 16.5. The van der Waals surface area contributed by atoms with Gasteiger partial charge in [-0.15, -0.1) is 0 Å². The van der Waals surface area contributed by atoms with Crippen LogP contribution < -0.4 is 0 Å². The van der Waals surface area contributed by atoms with Gasteiger partial charge in [-0.25, -0.2) is 0 Å². The van der Waals surface area contributed by atoms with Crippen LogP contribution in [-0.4, -0.2) is 71.7 Å². The fraction of sp³-hybridized carbons (Fsp3) is 0.750. The molecule has 7 nitrogen and oxygen atoms in total. The van der Waals surface area contributed by atoms with Crippen LogP contribution in [0.15, 0.2) is 6.07 Å². The molecular weight excluding hydrogens is 344 g/mol. The number of nitrogens with one attached hydrogen (secondary N) is 1. The van der Waals surface area contributed by atoms with E-state index in [0.29, 0.717) is 24.6 Å². The van der Waals surface area contributed by atoms with E-state index in [1.165, 1.54) is 0 Å². The molecule has 1 spiro atoms. The number of hydrogen-bond acceptors (Lipinski definition) is 4. The van der Waals surface area contributed by atoms with Crippen molar-refractivity contribution in [3.63, 3.8) is 0 Å². The van der Waals surface area contributed by atoms with Gasteiger partial charge in [0.1, 0.15) is 5.69 Å². The lowest BCUT2D eigenvalue weighted by atomic mass is 9.72. The number of aromatic nitrogens is 2. The molecule has 7 heteroatoms. The second kappa shape index (κ2) is 8.42. The summed E-state index contributed by atoms with van der Waals surface area (Å²) in [6.07, 6.45) is 4.34. The molecule has 3 heterocycles. The van der Waals surface area contributed by atoms with Crippen LogP contribution in [0.25, 0.3) is 0 Å². The van der Waals surface area contributed by atoms with Crippen LogP contribution in [0.4, 0.5) is 0 Å². The first-order valence-electron chi connectivity index (χ1n) is 10.1. The number of nitrogens with zero attached hydrogens (tertiary/aromatic N) is 3. The molecule has 3 rings (SSSR count). The molecule has 0 radical (unpaired) electrons. The molecule has 0 aliphatic carbocycles. The third kappa shape index (κ3) is 4.51. The highest BCUT2D eigenvalue weighted by molar-refractivity contribution is 5.92. The van der Waals surface area contributed by atoms with E-state index in [1.54, 1.807) is 7.11 Å². The van der Waals surface area contributed by atoms with E-state index in [1.807, 2.05) is 15.9 Å². The largest absolute Gasteiger partial charge is 0.385 e. The van der Waals surface area contributed by atoms with Crippen molar-refractivity contribution in [1.82, 2.24) is 20.0 Å². The molecule has 0 aromatic carbocycles. The van der Waals surface area contributed by atoms with Crippen LogP contribution >= 0.6 is 0 Å². The summed E-state index contributed by atoms with van der Waals surface area (Å²) in [5.41, 5.74) is 1.66. The minimum absolute atomic E-state index is 0.0110. The molecule has 2 aliphatic heterocycles. The fourth-order valence-electron chi connectivity index (χ4n) is 4.20. The summed E-state index contributed by atoms with van der Waals surface area (Å²) < 4.78 is 5.11. The molecule has 2 fully saturated rings. The third-order valence-corrected chi connectivity index (χ3v) is 6.07. The minimum atomic E-state index is 0.0110. The smallest absolute Gasteiger partial charge is 0.274 e. The lowest BCUT2D eigenvalue weighted by molar-refractivity contribution is -0.139. The molecule has 150 valence electrons. The molecule has 0 atom stereocenters. The summed E-state index contributed by atoms with van der Waals surface area (Å²) >= 11 is 0. The molecular formula is C20H32N4O3. The van der Waals surface area contributed by atoms with Gasteiger partial charge in [0.05, 0.1) is 0 Å². The van der Waals surface area contributed by atoms with Crippen LogP contribution in [0.1, 0.15) is 68.1 Å². The third-order valence-electron chi connectivity index (χ3n) is 6.07. The van der Waals surface area contributed by atoms with Gasteiger partial charge < -0.3 is 14.5 Å². The van der Waals surface area contributed by atoms with Crippen LogP contribution in [-0.2, 0) is 9.53 Å². The molecule has 2 saturated heterocycles. The van der Waals surface area contributed by atoms with E-state index in [2.05, 4.69) is 24.0 Å². The van der Waals surface area contributed by atoms with Gasteiger partial charge in [0, 0.05) is 52.0 Å². The standard InChI is InChI=1S/C20H32N4O3/c1-15(2)16-13-17(22-21-16)19(26)23-10-7-20(8-11-23)6-5-18(25)24(14-20)9-4-12-27-3/h13,15H,4-12,14H2,1-3H3,(H,21,22). The normalized spacial score (nSPS) is 19.9. The molecule has 2 aliphatic rings. The molecule has 0 unspecified atom stereocenters. The van der Waals surface area contributed by atoms with Crippen molar-refractivity contribution in [2.45, 2.75) is 51.9 Å². The van der Waals surface area contributed by atoms with Gasteiger partial charge in [0.2, 0.25) is 5.91 Å². The van der Waals surface area contributed by atoms with Crippen LogP contribution in [0.2, 0.25) is 0 Å². The van der Waals surface area contributed by atoms with E-state index in [0.717, 1.165) is 57.6 Å². The van der Waals surface area contributed by atoms with Crippen molar-refractivity contribution < 1.29 is 14.3 Å². The van der Waals surface area contributed by atoms with E-state index >= 15 is 0 Å². The molecule has 1 N–H and O–H groups in total. The second-order valence-corrected chi connectivity index (χ2v) is 8.32. The monoisotopic (exact) mass is 376 g/mol. The Balaban J connectivity index is 1.57. The zero-order valence-electron chi connectivity index (χ0n) is 16.8. The Morgan fingerprint density at radius 1 is 1.33 bits per heavy atom. The lowest BCUT2D eigenvalue weighted by Gasteiger charge is -2.47. The maximum Gasteiger partial charge on any atom is 0.274 e. The highest BCUT2D eigenvalue weighted by Gasteiger charge is 2.41. The highest BCUT2D eigenvalue weighted by Crippen LogP contribution is 2.40. The summed E-state index contributed by atoms with van der Waals surface area (Å²) in [7, 11) is 1.69. The number of H-pyrrole nitrogens is 1. The second-order valence-electron chi connectivity index (χ2n) is 8.32. The first kappa shape index (κ1) is 19.9. The molecule has 0 bridgehead atoms. The summed E-state index contributed by atoms with van der Waals surface area (Å²) in [5.74, 6) is 0.595. The van der Waals surface area contributed by atoms with Crippen molar-refractivity contribution in [3.8, 4) is 0 Å². The molecule has 27 heavy (non-hydrogen) atoms. The number of likely N-dealkylation sites (tertiary alicyclic amines) is 2. The predicted octanol–water partition coefficient (Wildman–Crippen LogP) is 2.41. The van der Waals surface area contributed by atoms with Gasteiger partial charge in [-0.2, -0.15) is 5.10 Å². The zero-order valence-corrected chi connectivity index (χ0v) is 16.8. The number of aromatic amines is 1. The van der Waals surface area contributed by atoms with Crippen molar-refractivity contribution in [2.24, 2.45) is 5.41 Å². The van der Waals surface area contributed by atoms with E-state index < -0.39 is 0 Å². The summed E-state index contributed by atoms with van der Waals surface area (Å²) in [5, 5.41) is 7.16. The van der Waals surface area contributed by atoms with Gasteiger partial charge >= 0.3 is 0 Å². The Kier molecular flexibility index (Phi) is 6.19. The van der Waals surface area contributed by atoms with Crippen molar-refractivity contribution in [1.29, 1.82) is 0 Å². The van der Waals surface area contributed by atoms with Crippen LogP contribution in [0.5, 0.6) is 0 Å². The Morgan fingerprint density at radius 3 is 2.70 bits per heavy atom. The number of rotatable bonds is 6. The Labute approximate surface area is 161 Å². The molecule has 0 saturated carbocycles. The van der Waals surface area contributed by atoms with Gasteiger partial charge in [-0.3, -0.25) is 14.7 Å². The number of carbonyl (C=O) groups is 2.